The van der Waals surface area contributed by atoms with Crippen molar-refractivity contribution in [2.45, 2.75) is 19.3 Å². The maximum absolute atomic E-state index is 8.43. The monoisotopic (exact) mass is 162 g/mol. The van der Waals surface area contributed by atoms with E-state index in [1.807, 2.05) is 0 Å². The fourth-order valence-electron chi connectivity index (χ4n) is 0.806. The van der Waals surface area contributed by atoms with Crippen molar-refractivity contribution < 1.29 is 19.3 Å². The van der Waals surface area contributed by atoms with Gasteiger partial charge in [-0.1, -0.05) is 0 Å². The molecular formula is C7H14O4. The predicted molar refractivity (Wildman–Crippen MR) is 38.0 cm³/mol. The van der Waals surface area contributed by atoms with E-state index in [1.165, 1.54) is 0 Å². The maximum Gasteiger partial charge on any atom is 0.271 e. The van der Waals surface area contributed by atoms with E-state index in [2.05, 4.69) is 0 Å². The summed E-state index contributed by atoms with van der Waals surface area (Å²) in [6.45, 7) is 1.52. The quantitative estimate of drug-likeness (QED) is 0.596. The summed E-state index contributed by atoms with van der Waals surface area (Å²) in [5.41, 5.74) is 0. The van der Waals surface area contributed by atoms with E-state index >= 15 is 0 Å². The molecule has 0 bridgehead atoms. The van der Waals surface area contributed by atoms with E-state index in [4.69, 9.17) is 19.3 Å². The van der Waals surface area contributed by atoms with Gasteiger partial charge in [-0.3, -0.25) is 0 Å². The first kappa shape index (κ1) is 8.93. The largest absolute Gasteiger partial charge is 0.396 e. The summed E-state index contributed by atoms with van der Waals surface area (Å²) in [6.07, 6.45) is 1.56. The second-order valence-electron chi connectivity index (χ2n) is 2.33. The molecule has 4 heteroatoms. The van der Waals surface area contributed by atoms with Gasteiger partial charge in [0.05, 0.1) is 19.8 Å². The molecule has 1 fully saturated rings. The highest BCUT2D eigenvalue weighted by molar-refractivity contribution is 4.41. The summed E-state index contributed by atoms with van der Waals surface area (Å²) in [7, 11) is 0. The van der Waals surface area contributed by atoms with E-state index in [0.717, 1.165) is 6.42 Å². The van der Waals surface area contributed by atoms with Crippen molar-refractivity contribution in [3.63, 3.8) is 0 Å². The van der Waals surface area contributed by atoms with Gasteiger partial charge in [-0.15, -0.1) is 0 Å². The van der Waals surface area contributed by atoms with Crippen LogP contribution in [-0.2, 0) is 14.2 Å². The molecule has 0 atom stereocenters. The number of aliphatic hydroxyl groups is 1. The topological polar surface area (TPSA) is 47.9 Å². The third kappa shape index (κ3) is 3.67. The maximum atomic E-state index is 8.43. The molecule has 66 valence electrons. The fraction of sp³-hybridized carbons (Fsp3) is 1.00. The highest BCUT2D eigenvalue weighted by Gasteiger charge is 2.13. The molecule has 1 heterocycles. The smallest absolute Gasteiger partial charge is 0.271 e. The van der Waals surface area contributed by atoms with Crippen molar-refractivity contribution in [1.29, 1.82) is 0 Å². The second kappa shape index (κ2) is 5.49. The van der Waals surface area contributed by atoms with E-state index < -0.39 is 6.48 Å². The van der Waals surface area contributed by atoms with Crippen LogP contribution in [0.1, 0.15) is 12.8 Å². The zero-order chi connectivity index (χ0) is 7.94. The Balaban J connectivity index is 1.96. The molecule has 0 aliphatic carbocycles. The molecule has 0 amide bonds. The molecule has 0 aromatic rings. The van der Waals surface area contributed by atoms with Crippen LogP contribution in [0.25, 0.3) is 0 Å². The van der Waals surface area contributed by atoms with Gasteiger partial charge in [0.2, 0.25) is 0 Å². The molecule has 1 rings (SSSR count). The van der Waals surface area contributed by atoms with E-state index in [9.17, 15) is 0 Å². The highest BCUT2D eigenvalue weighted by atomic mass is 16.8. The van der Waals surface area contributed by atoms with Gasteiger partial charge in [-0.05, 0) is 12.8 Å². The highest BCUT2D eigenvalue weighted by Crippen LogP contribution is 2.05. The van der Waals surface area contributed by atoms with Crippen LogP contribution in [0, 0.1) is 0 Å². The van der Waals surface area contributed by atoms with Gasteiger partial charge in [-0.25, -0.2) is 0 Å². The normalized spacial score (nSPS) is 20.5. The Hall–Kier alpha value is -0.160. The van der Waals surface area contributed by atoms with Crippen LogP contribution in [0.15, 0.2) is 0 Å². The van der Waals surface area contributed by atoms with Crippen molar-refractivity contribution in [3.8, 4) is 0 Å². The van der Waals surface area contributed by atoms with Crippen LogP contribution in [0.2, 0.25) is 0 Å². The van der Waals surface area contributed by atoms with Crippen LogP contribution in [0.5, 0.6) is 0 Å². The van der Waals surface area contributed by atoms with E-state index in [-0.39, 0.29) is 6.61 Å². The molecule has 1 N–H and O–H groups in total. The van der Waals surface area contributed by atoms with Crippen LogP contribution >= 0.6 is 0 Å². The van der Waals surface area contributed by atoms with Crippen LogP contribution in [0.4, 0.5) is 0 Å². The SMILES string of the molecule is OCCCOC1OCCCO1. The Morgan fingerprint density at radius 2 is 2.09 bits per heavy atom. The third-order valence-electron chi connectivity index (χ3n) is 1.35. The summed E-state index contributed by atoms with van der Waals surface area (Å²) in [4.78, 5) is 0. The van der Waals surface area contributed by atoms with Gasteiger partial charge < -0.3 is 19.3 Å². The lowest BCUT2D eigenvalue weighted by Crippen LogP contribution is -2.27. The lowest BCUT2D eigenvalue weighted by Gasteiger charge is -2.22. The number of rotatable bonds is 4. The number of aliphatic hydroxyl groups excluding tert-OH is 1. The van der Waals surface area contributed by atoms with Gasteiger partial charge in [0, 0.05) is 6.61 Å². The molecule has 4 nitrogen and oxygen atoms in total. The van der Waals surface area contributed by atoms with Crippen molar-refractivity contribution >= 4 is 0 Å². The van der Waals surface area contributed by atoms with Crippen molar-refractivity contribution in [1.82, 2.24) is 0 Å². The van der Waals surface area contributed by atoms with E-state index in [1.54, 1.807) is 0 Å². The molecule has 0 saturated carbocycles. The lowest BCUT2D eigenvalue weighted by atomic mass is 10.5. The molecule has 0 aromatic heterocycles. The standard InChI is InChI=1S/C7H14O4/c8-3-1-4-9-7-10-5-2-6-11-7/h7-8H,1-6H2. The van der Waals surface area contributed by atoms with Gasteiger partial charge in [0.15, 0.2) is 0 Å². The Bertz CT molecular complexity index is 90.4. The number of hydrogen-bond donors (Lipinski definition) is 1. The molecule has 1 aliphatic rings. The third-order valence-corrected chi connectivity index (χ3v) is 1.35. The van der Waals surface area contributed by atoms with Gasteiger partial charge in [-0.2, -0.15) is 0 Å². The van der Waals surface area contributed by atoms with Crippen LogP contribution in [0.3, 0.4) is 0 Å². The molecule has 1 saturated heterocycles. The zero-order valence-corrected chi connectivity index (χ0v) is 6.49. The minimum absolute atomic E-state index is 0.146. The Morgan fingerprint density at radius 3 is 2.73 bits per heavy atom. The molecular weight excluding hydrogens is 148 g/mol. The van der Waals surface area contributed by atoms with Crippen molar-refractivity contribution in [3.05, 3.63) is 0 Å². The number of ether oxygens (including phenoxy) is 3. The summed E-state index contributed by atoms with van der Waals surface area (Å²) in [6, 6.07) is 0. The Labute approximate surface area is 66.1 Å². The number of hydrogen-bond acceptors (Lipinski definition) is 4. The van der Waals surface area contributed by atoms with Gasteiger partial charge in [0.1, 0.15) is 0 Å². The molecule has 1 aliphatic heterocycles. The molecule has 0 radical (unpaired) electrons. The molecule has 0 unspecified atom stereocenters. The van der Waals surface area contributed by atoms with Crippen molar-refractivity contribution in [2.75, 3.05) is 26.4 Å². The average molecular weight is 162 g/mol. The minimum Gasteiger partial charge on any atom is -0.396 e. The average Bonchev–Trinajstić information content (AvgIpc) is 2.07. The summed E-state index contributed by atoms with van der Waals surface area (Å²) < 4.78 is 15.3. The first-order valence-corrected chi connectivity index (χ1v) is 3.89. The molecule has 0 aromatic carbocycles. The lowest BCUT2D eigenvalue weighted by molar-refractivity contribution is -0.310. The second-order valence-corrected chi connectivity index (χ2v) is 2.33. The first-order valence-electron chi connectivity index (χ1n) is 3.89. The van der Waals surface area contributed by atoms with Crippen molar-refractivity contribution in [2.24, 2.45) is 0 Å². The first-order chi connectivity index (χ1) is 5.43. The van der Waals surface area contributed by atoms with Gasteiger partial charge in [0.25, 0.3) is 6.48 Å². The Morgan fingerprint density at radius 1 is 1.36 bits per heavy atom. The molecule has 0 spiro atoms. The van der Waals surface area contributed by atoms with Gasteiger partial charge >= 0.3 is 0 Å². The van der Waals surface area contributed by atoms with Crippen LogP contribution < -0.4 is 0 Å². The predicted octanol–water partition coefficient (Wildman–Crippen LogP) is 0.106. The minimum atomic E-state index is -0.504. The fourth-order valence-corrected chi connectivity index (χ4v) is 0.806. The zero-order valence-electron chi connectivity index (χ0n) is 6.49. The Kier molecular flexibility index (Phi) is 4.45. The van der Waals surface area contributed by atoms with Crippen LogP contribution in [-0.4, -0.2) is 38.0 Å². The van der Waals surface area contributed by atoms with E-state index in [0.29, 0.717) is 26.2 Å². The molecule has 11 heavy (non-hydrogen) atoms. The summed E-state index contributed by atoms with van der Waals surface area (Å²) >= 11 is 0. The summed E-state index contributed by atoms with van der Waals surface area (Å²) in [5, 5.41) is 8.43. The summed E-state index contributed by atoms with van der Waals surface area (Å²) in [5.74, 6) is 0.